The molecule has 3 fully saturated rings. The van der Waals surface area contributed by atoms with E-state index in [1.54, 1.807) is 0 Å². The number of likely N-dealkylation sites (tertiary alicyclic amines) is 3. The van der Waals surface area contributed by atoms with Crippen LogP contribution in [0.25, 0.3) is 0 Å². The molecule has 3 rings (SSSR count). The average Bonchev–Trinajstić information content (AvgIpc) is 2.56. The molecule has 0 aromatic carbocycles. The number of rotatable bonds is 3. The van der Waals surface area contributed by atoms with Crippen LogP contribution in [0.5, 0.6) is 0 Å². The van der Waals surface area contributed by atoms with Crippen LogP contribution < -0.4 is 0 Å². The summed E-state index contributed by atoms with van der Waals surface area (Å²) < 4.78 is 0. The van der Waals surface area contributed by atoms with Crippen molar-refractivity contribution in [2.45, 2.75) is 76.9 Å². The lowest BCUT2D eigenvalue weighted by atomic mass is 9.95. The van der Waals surface area contributed by atoms with Crippen molar-refractivity contribution in [3.8, 4) is 0 Å². The number of hydrogen-bond donors (Lipinski definition) is 0. The fraction of sp³-hybridized carbons (Fsp3) is 1.00. The summed E-state index contributed by atoms with van der Waals surface area (Å²) in [5, 5.41) is 0. The van der Waals surface area contributed by atoms with Crippen LogP contribution in [0.3, 0.4) is 0 Å². The Bertz CT molecular complexity index is 296. The van der Waals surface area contributed by atoms with E-state index in [-0.39, 0.29) is 0 Å². The smallest absolute Gasteiger partial charge is 0.0120 e. The van der Waals surface area contributed by atoms with E-state index in [2.05, 4.69) is 28.5 Å². The van der Waals surface area contributed by atoms with Crippen molar-refractivity contribution in [3.05, 3.63) is 0 Å². The molecule has 21 heavy (non-hydrogen) atoms. The fourth-order valence-electron chi connectivity index (χ4n) is 4.67. The van der Waals surface area contributed by atoms with Crippen LogP contribution in [0, 0.1) is 0 Å². The van der Waals surface area contributed by atoms with E-state index in [9.17, 15) is 0 Å². The Morgan fingerprint density at radius 3 is 1.62 bits per heavy atom. The molecule has 0 spiro atoms. The molecule has 3 heterocycles. The van der Waals surface area contributed by atoms with Crippen molar-refractivity contribution < 1.29 is 0 Å². The van der Waals surface area contributed by atoms with E-state index in [4.69, 9.17) is 0 Å². The molecular weight excluding hydrogens is 258 g/mol. The maximum atomic E-state index is 2.82. The second-order valence-electron chi connectivity index (χ2n) is 7.72. The third-order valence-corrected chi connectivity index (χ3v) is 6.15. The highest BCUT2D eigenvalue weighted by Gasteiger charge is 2.30. The Kier molecular flexibility index (Phi) is 5.58. The summed E-state index contributed by atoms with van der Waals surface area (Å²) in [6.45, 7) is 12.8. The summed E-state index contributed by atoms with van der Waals surface area (Å²) >= 11 is 0. The molecule has 3 heteroatoms. The van der Waals surface area contributed by atoms with E-state index >= 15 is 0 Å². The summed E-state index contributed by atoms with van der Waals surface area (Å²) in [4.78, 5) is 8.26. The summed E-state index contributed by atoms with van der Waals surface area (Å²) in [6.07, 6.45) is 9.97. The molecule has 122 valence electrons. The van der Waals surface area contributed by atoms with E-state index in [0.29, 0.717) is 0 Å². The molecule has 0 aromatic heterocycles. The molecule has 3 saturated heterocycles. The highest BCUT2D eigenvalue weighted by Crippen LogP contribution is 2.25. The molecular formula is C18H35N3. The van der Waals surface area contributed by atoms with Gasteiger partial charge in [-0.3, -0.25) is 0 Å². The van der Waals surface area contributed by atoms with Crippen LogP contribution in [0.2, 0.25) is 0 Å². The first-order valence-corrected chi connectivity index (χ1v) is 9.46. The maximum Gasteiger partial charge on any atom is 0.0120 e. The minimum absolute atomic E-state index is 0.732. The number of hydrogen-bond acceptors (Lipinski definition) is 3. The van der Waals surface area contributed by atoms with Gasteiger partial charge >= 0.3 is 0 Å². The first kappa shape index (κ1) is 15.8. The Morgan fingerprint density at radius 1 is 0.619 bits per heavy atom. The van der Waals surface area contributed by atoms with E-state index in [1.807, 2.05) is 0 Å². The van der Waals surface area contributed by atoms with E-state index < -0.39 is 0 Å². The summed E-state index contributed by atoms with van der Waals surface area (Å²) in [5.41, 5.74) is 0. The van der Waals surface area contributed by atoms with Gasteiger partial charge in [0.25, 0.3) is 0 Å². The van der Waals surface area contributed by atoms with E-state index in [1.165, 1.54) is 84.2 Å². The summed E-state index contributed by atoms with van der Waals surface area (Å²) in [7, 11) is 0. The maximum absolute atomic E-state index is 2.82. The minimum atomic E-state index is 0.732. The third kappa shape index (κ3) is 4.00. The van der Waals surface area contributed by atoms with Crippen LogP contribution in [0.4, 0.5) is 0 Å². The van der Waals surface area contributed by atoms with Gasteiger partial charge in [0.05, 0.1) is 0 Å². The van der Waals surface area contributed by atoms with Crippen LogP contribution in [0.1, 0.15) is 58.8 Å². The second kappa shape index (κ2) is 7.43. The largest absolute Gasteiger partial charge is 0.301 e. The zero-order valence-electron chi connectivity index (χ0n) is 14.3. The molecule has 3 nitrogen and oxygen atoms in total. The molecule has 0 aromatic rings. The van der Waals surface area contributed by atoms with Crippen molar-refractivity contribution in [1.29, 1.82) is 0 Å². The van der Waals surface area contributed by atoms with Gasteiger partial charge in [0, 0.05) is 18.1 Å². The summed E-state index contributed by atoms with van der Waals surface area (Å²) in [5.74, 6) is 0. The van der Waals surface area contributed by atoms with Gasteiger partial charge in [-0.05, 0) is 91.6 Å². The zero-order valence-corrected chi connectivity index (χ0v) is 14.3. The SMILES string of the molecule is CC(C)N1CCC(N2CCC(N3CCCCC3)CC2)CC1. The van der Waals surface area contributed by atoms with Crippen LogP contribution in [0.15, 0.2) is 0 Å². The molecule has 0 saturated carbocycles. The van der Waals surface area contributed by atoms with Crippen LogP contribution in [-0.2, 0) is 0 Å². The average molecular weight is 293 g/mol. The Hall–Kier alpha value is -0.120. The van der Waals surface area contributed by atoms with E-state index in [0.717, 1.165) is 18.1 Å². The second-order valence-corrected chi connectivity index (χ2v) is 7.72. The highest BCUT2D eigenvalue weighted by atomic mass is 15.2. The molecule has 0 radical (unpaired) electrons. The molecule has 0 amide bonds. The van der Waals surface area contributed by atoms with Crippen LogP contribution in [-0.4, -0.2) is 72.1 Å². The van der Waals surface area contributed by atoms with Crippen molar-refractivity contribution in [3.63, 3.8) is 0 Å². The van der Waals surface area contributed by atoms with Gasteiger partial charge in [-0.15, -0.1) is 0 Å². The fourth-order valence-corrected chi connectivity index (χ4v) is 4.67. The monoisotopic (exact) mass is 293 g/mol. The number of piperidine rings is 3. The Morgan fingerprint density at radius 2 is 1.10 bits per heavy atom. The Labute approximate surface area is 131 Å². The highest BCUT2D eigenvalue weighted by molar-refractivity contribution is 4.87. The van der Waals surface area contributed by atoms with Gasteiger partial charge in [-0.1, -0.05) is 6.42 Å². The Balaban J connectivity index is 1.41. The van der Waals surface area contributed by atoms with Gasteiger partial charge in [0.1, 0.15) is 0 Å². The predicted molar refractivity (Wildman–Crippen MR) is 89.8 cm³/mol. The van der Waals surface area contributed by atoms with Crippen molar-refractivity contribution in [2.24, 2.45) is 0 Å². The van der Waals surface area contributed by atoms with Gasteiger partial charge in [-0.25, -0.2) is 0 Å². The predicted octanol–water partition coefficient (Wildman–Crippen LogP) is 2.81. The molecule has 0 atom stereocenters. The lowest BCUT2D eigenvalue weighted by molar-refractivity contribution is 0.0432. The topological polar surface area (TPSA) is 9.72 Å². The van der Waals surface area contributed by atoms with Gasteiger partial charge in [-0.2, -0.15) is 0 Å². The van der Waals surface area contributed by atoms with Crippen LogP contribution >= 0.6 is 0 Å². The molecule has 0 N–H and O–H groups in total. The first-order valence-electron chi connectivity index (χ1n) is 9.46. The van der Waals surface area contributed by atoms with Crippen molar-refractivity contribution in [2.75, 3.05) is 39.3 Å². The molecule has 0 unspecified atom stereocenters. The lowest BCUT2D eigenvalue weighted by Crippen LogP contribution is -2.52. The standard InChI is InChI=1S/C18H35N3/c1-16(2)19-12-6-18(7-13-19)21-14-8-17(9-15-21)20-10-4-3-5-11-20/h16-18H,3-15H2,1-2H3. The zero-order chi connectivity index (χ0) is 14.7. The van der Waals surface area contributed by atoms with Gasteiger partial charge < -0.3 is 14.7 Å². The van der Waals surface area contributed by atoms with Gasteiger partial charge in [0.2, 0.25) is 0 Å². The third-order valence-electron chi connectivity index (χ3n) is 6.15. The van der Waals surface area contributed by atoms with Gasteiger partial charge in [0.15, 0.2) is 0 Å². The van der Waals surface area contributed by atoms with Crippen molar-refractivity contribution >= 4 is 0 Å². The molecule has 0 bridgehead atoms. The minimum Gasteiger partial charge on any atom is -0.301 e. The quantitative estimate of drug-likeness (QED) is 0.792. The lowest BCUT2D eigenvalue weighted by Gasteiger charge is -2.45. The first-order chi connectivity index (χ1) is 10.2. The summed E-state index contributed by atoms with van der Waals surface area (Å²) in [6, 6.07) is 2.51. The van der Waals surface area contributed by atoms with Crippen molar-refractivity contribution in [1.82, 2.24) is 14.7 Å². The normalized spacial score (nSPS) is 29.3. The molecule has 3 aliphatic rings. The number of nitrogens with zero attached hydrogens (tertiary/aromatic N) is 3. The molecule has 3 aliphatic heterocycles. The molecule has 0 aliphatic carbocycles.